The van der Waals surface area contributed by atoms with E-state index in [1.807, 2.05) is 12.3 Å². The molecule has 0 saturated heterocycles. The number of pyridine rings is 1. The van der Waals surface area contributed by atoms with Crippen molar-refractivity contribution >= 4 is 0 Å². The van der Waals surface area contributed by atoms with Gasteiger partial charge in [0.05, 0.1) is 13.3 Å². The van der Waals surface area contributed by atoms with Crippen molar-refractivity contribution in [3.63, 3.8) is 0 Å². The molecule has 0 saturated carbocycles. The molecule has 2 nitrogen and oxygen atoms in total. The molecule has 0 aliphatic carbocycles. The van der Waals surface area contributed by atoms with Crippen LogP contribution in [0.1, 0.15) is 11.1 Å². The fourth-order valence-electron chi connectivity index (χ4n) is 1.74. The second kappa shape index (κ2) is 4.35. The van der Waals surface area contributed by atoms with Crippen molar-refractivity contribution in [2.24, 2.45) is 0 Å². The fourth-order valence-corrected chi connectivity index (χ4v) is 1.74. The van der Waals surface area contributed by atoms with Crippen LogP contribution in [-0.4, -0.2) is 12.1 Å². The Labute approximate surface area is 95.9 Å². The summed E-state index contributed by atoms with van der Waals surface area (Å²) in [5.41, 5.74) is 4.89. The molecule has 82 valence electrons. The van der Waals surface area contributed by atoms with Gasteiger partial charge in [-0.3, -0.25) is 4.98 Å². The van der Waals surface area contributed by atoms with Crippen LogP contribution in [-0.2, 0) is 0 Å². The summed E-state index contributed by atoms with van der Waals surface area (Å²) in [6, 6.07) is 8.30. The molecule has 0 fully saturated rings. The van der Waals surface area contributed by atoms with E-state index in [1.165, 1.54) is 16.7 Å². The zero-order chi connectivity index (χ0) is 11.5. The van der Waals surface area contributed by atoms with Crippen LogP contribution in [0.5, 0.6) is 5.75 Å². The van der Waals surface area contributed by atoms with Crippen molar-refractivity contribution in [2.75, 3.05) is 7.11 Å². The predicted molar refractivity (Wildman–Crippen MR) is 65.7 cm³/mol. The molecule has 2 rings (SSSR count). The summed E-state index contributed by atoms with van der Waals surface area (Å²) in [6.45, 7) is 4.25. The maximum atomic E-state index is 5.18. The zero-order valence-electron chi connectivity index (χ0n) is 9.82. The van der Waals surface area contributed by atoms with E-state index in [2.05, 4.69) is 37.0 Å². The minimum atomic E-state index is 0.790. The summed E-state index contributed by atoms with van der Waals surface area (Å²) in [4.78, 5) is 4.18. The van der Waals surface area contributed by atoms with Gasteiger partial charge in [0, 0.05) is 11.8 Å². The number of nitrogens with zero attached hydrogens (tertiary/aromatic N) is 1. The molecule has 1 aromatic heterocycles. The number of ether oxygens (including phenoxy) is 1. The van der Waals surface area contributed by atoms with Crippen LogP contribution < -0.4 is 4.74 Å². The van der Waals surface area contributed by atoms with Gasteiger partial charge in [0.1, 0.15) is 5.75 Å². The summed E-state index contributed by atoms with van der Waals surface area (Å²) in [6.07, 6.45) is 3.58. The molecule has 0 unspecified atom stereocenters. The molecule has 0 bridgehead atoms. The van der Waals surface area contributed by atoms with Crippen LogP contribution in [0.2, 0.25) is 0 Å². The Kier molecular flexibility index (Phi) is 2.91. The third kappa shape index (κ3) is 1.91. The molecular weight excluding hydrogens is 198 g/mol. The molecule has 1 heterocycles. The molecule has 16 heavy (non-hydrogen) atoms. The number of aryl methyl sites for hydroxylation is 1. The maximum absolute atomic E-state index is 5.18. The van der Waals surface area contributed by atoms with Crippen molar-refractivity contribution < 1.29 is 4.74 Å². The highest BCUT2D eigenvalue weighted by atomic mass is 16.5. The van der Waals surface area contributed by atoms with E-state index in [-0.39, 0.29) is 0 Å². The largest absolute Gasteiger partial charge is 0.495 e. The Balaban J connectivity index is 2.54. The lowest BCUT2D eigenvalue weighted by molar-refractivity contribution is 0.413. The van der Waals surface area contributed by atoms with E-state index in [4.69, 9.17) is 4.74 Å². The third-order valence-electron chi connectivity index (χ3n) is 2.86. The quantitative estimate of drug-likeness (QED) is 0.763. The van der Waals surface area contributed by atoms with Crippen molar-refractivity contribution in [3.05, 3.63) is 47.8 Å². The molecule has 0 amide bonds. The van der Waals surface area contributed by atoms with Gasteiger partial charge in [-0.25, -0.2) is 0 Å². The second-order valence-corrected chi connectivity index (χ2v) is 3.86. The average molecular weight is 213 g/mol. The minimum absolute atomic E-state index is 0.790. The van der Waals surface area contributed by atoms with Gasteiger partial charge in [0.2, 0.25) is 0 Å². The average Bonchev–Trinajstić information content (AvgIpc) is 2.33. The highest BCUT2D eigenvalue weighted by Crippen LogP contribution is 2.27. The first kappa shape index (κ1) is 10.7. The van der Waals surface area contributed by atoms with Crippen molar-refractivity contribution in [3.8, 4) is 16.9 Å². The standard InChI is InChI=1S/C14H15NO/c1-10-5-4-6-14(11(10)2)12-7-13(16-3)9-15-8-12/h4-9H,1-3H3. The molecular formula is C14H15NO. The lowest BCUT2D eigenvalue weighted by Gasteiger charge is -2.09. The smallest absolute Gasteiger partial charge is 0.137 e. The lowest BCUT2D eigenvalue weighted by atomic mass is 9.98. The number of hydrogen-bond donors (Lipinski definition) is 0. The van der Waals surface area contributed by atoms with E-state index in [0.29, 0.717) is 0 Å². The van der Waals surface area contributed by atoms with E-state index >= 15 is 0 Å². The van der Waals surface area contributed by atoms with Crippen LogP contribution >= 0.6 is 0 Å². The highest BCUT2D eigenvalue weighted by Gasteiger charge is 2.04. The number of rotatable bonds is 2. The van der Waals surface area contributed by atoms with E-state index < -0.39 is 0 Å². The first-order chi connectivity index (χ1) is 7.72. The topological polar surface area (TPSA) is 22.1 Å². The molecule has 0 radical (unpaired) electrons. The molecule has 1 aromatic carbocycles. The van der Waals surface area contributed by atoms with Crippen molar-refractivity contribution in [1.29, 1.82) is 0 Å². The summed E-state index contributed by atoms with van der Waals surface area (Å²) in [5.74, 6) is 0.790. The van der Waals surface area contributed by atoms with Gasteiger partial charge in [-0.05, 0) is 36.6 Å². The normalized spacial score (nSPS) is 10.2. The monoisotopic (exact) mass is 213 g/mol. The van der Waals surface area contributed by atoms with Crippen LogP contribution in [0.25, 0.3) is 11.1 Å². The minimum Gasteiger partial charge on any atom is -0.495 e. The highest BCUT2D eigenvalue weighted by molar-refractivity contribution is 5.68. The van der Waals surface area contributed by atoms with Gasteiger partial charge < -0.3 is 4.74 Å². The summed E-state index contributed by atoms with van der Waals surface area (Å²) >= 11 is 0. The van der Waals surface area contributed by atoms with Gasteiger partial charge >= 0.3 is 0 Å². The number of hydrogen-bond acceptors (Lipinski definition) is 2. The maximum Gasteiger partial charge on any atom is 0.137 e. The predicted octanol–water partition coefficient (Wildman–Crippen LogP) is 3.37. The van der Waals surface area contributed by atoms with Gasteiger partial charge in [0.15, 0.2) is 0 Å². The Hall–Kier alpha value is -1.83. The summed E-state index contributed by atoms with van der Waals surface area (Å²) in [7, 11) is 1.66. The number of aromatic nitrogens is 1. The first-order valence-corrected chi connectivity index (χ1v) is 5.28. The van der Waals surface area contributed by atoms with Gasteiger partial charge in [-0.1, -0.05) is 18.2 Å². The number of benzene rings is 1. The lowest BCUT2D eigenvalue weighted by Crippen LogP contribution is -1.89. The van der Waals surface area contributed by atoms with Crippen molar-refractivity contribution in [1.82, 2.24) is 4.98 Å². The summed E-state index contributed by atoms with van der Waals surface area (Å²) < 4.78 is 5.18. The molecule has 0 N–H and O–H groups in total. The Morgan fingerprint density at radius 3 is 2.69 bits per heavy atom. The van der Waals surface area contributed by atoms with Crippen LogP contribution in [0.3, 0.4) is 0 Å². The van der Waals surface area contributed by atoms with Crippen LogP contribution in [0, 0.1) is 13.8 Å². The third-order valence-corrected chi connectivity index (χ3v) is 2.86. The van der Waals surface area contributed by atoms with Gasteiger partial charge in [-0.15, -0.1) is 0 Å². The zero-order valence-corrected chi connectivity index (χ0v) is 9.82. The molecule has 2 aromatic rings. The van der Waals surface area contributed by atoms with Crippen molar-refractivity contribution in [2.45, 2.75) is 13.8 Å². The van der Waals surface area contributed by atoms with Crippen LogP contribution in [0.15, 0.2) is 36.7 Å². The SMILES string of the molecule is COc1cncc(-c2cccc(C)c2C)c1. The van der Waals surface area contributed by atoms with Gasteiger partial charge in [-0.2, -0.15) is 0 Å². The van der Waals surface area contributed by atoms with E-state index in [9.17, 15) is 0 Å². The molecule has 0 aliphatic rings. The van der Waals surface area contributed by atoms with Gasteiger partial charge in [0.25, 0.3) is 0 Å². The second-order valence-electron chi connectivity index (χ2n) is 3.86. The Bertz CT molecular complexity index is 506. The molecule has 0 spiro atoms. The van der Waals surface area contributed by atoms with E-state index in [0.717, 1.165) is 11.3 Å². The Morgan fingerprint density at radius 1 is 1.12 bits per heavy atom. The molecule has 0 atom stereocenters. The first-order valence-electron chi connectivity index (χ1n) is 5.28. The Morgan fingerprint density at radius 2 is 1.94 bits per heavy atom. The van der Waals surface area contributed by atoms with E-state index in [1.54, 1.807) is 13.3 Å². The molecule has 0 aliphatic heterocycles. The number of methoxy groups -OCH3 is 1. The summed E-state index contributed by atoms with van der Waals surface area (Å²) in [5, 5.41) is 0. The van der Waals surface area contributed by atoms with Crippen LogP contribution in [0.4, 0.5) is 0 Å². The molecule has 2 heteroatoms. The fraction of sp³-hybridized carbons (Fsp3) is 0.214.